The predicted octanol–water partition coefficient (Wildman–Crippen LogP) is 3.70. The summed E-state index contributed by atoms with van der Waals surface area (Å²) in [7, 11) is 0. The normalized spacial score (nSPS) is 22.3. The summed E-state index contributed by atoms with van der Waals surface area (Å²) in [5.41, 5.74) is 1.16. The first-order valence-corrected chi connectivity index (χ1v) is 9.85. The van der Waals surface area contributed by atoms with Gasteiger partial charge in [-0.05, 0) is 76.0 Å². The fraction of sp³-hybridized carbons (Fsp3) is 0.667. The fourth-order valence-electron chi connectivity index (χ4n) is 4.17. The second-order valence-corrected chi connectivity index (χ2v) is 7.64. The van der Waals surface area contributed by atoms with Crippen LogP contribution in [-0.4, -0.2) is 40.7 Å². The number of rotatable bonds is 7. The zero-order valence-corrected chi connectivity index (χ0v) is 15.3. The standard InChI is InChI=1S/C21H31NO3/c1-16(23)14-18-7-5-13-22(18)21(24)12-11-17-6-4-10-20(15-17)25-19-8-2-3-9-19/h4,6,10,15-16,18-19,23H,2-3,5,7-9,11-14H2,1H3. The maximum absolute atomic E-state index is 12.6. The molecule has 4 heteroatoms. The van der Waals surface area contributed by atoms with Crippen LogP contribution in [0.25, 0.3) is 0 Å². The molecule has 1 N–H and O–H groups in total. The lowest BCUT2D eigenvalue weighted by atomic mass is 10.1. The smallest absolute Gasteiger partial charge is 0.223 e. The molecular formula is C21H31NO3. The van der Waals surface area contributed by atoms with Crippen LogP contribution in [-0.2, 0) is 11.2 Å². The number of carbonyl (C=O) groups excluding carboxylic acids is 1. The van der Waals surface area contributed by atoms with Crippen molar-refractivity contribution in [3.05, 3.63) is 29.8 Å². The van der Waals surface area contributed by atoms with Gasteiger partial charge in [0, 0.05) is 19.0 Å². The second kappa shape index (κ2) is 8.70. The molecule has 25 heavy (non-hydrogen) atoms. The Bertz CT molecular complexity index is 566. The lowest BCUT2D eigenvalue weighted by Crippen LogP contribution is -2.37. The molecule has 1 aromatic carbocycles. The van der Waals surface area contributed by atoms with Gasteiger partial charge in [0.2, 0.25) is 5.91 Å². The van der Waals surface area contributed by atoms with Crippen molar-refractivity contribution in [1.82, 2.24) is 4.90 Å². The molecule has 0 aromatic heterocycles. The van der Waals surface area contributed by atoms with E-state index in [-0.39, 0.29) is 18.1 Å². The predicted molar refractivity (Wildman–Crippen MR) is 98.7 cm³/mol. The third kappa shape index (κ3) is 5.21. The molecule has 0 bridgehead atoms. The minimum atomic E-state index is -0.345. The average molecular weight is 345 g/mol. The Labute approximate surface area is 151 Å². The Balaban J connectivity index is 1.51. The van der Waals surface area contributed by atoms with Crippen molar-refractivity contribution in [3.8, 4) is 5.75 Å². The van der Waals surface area contributed by atoms with E-state index in [2.05, 4.69) is 12.1 Å². The van der Waals surface area contributed by atoms with Gasteiger partial charge in [0.15, 0.2) is 0 Å². The lowest BCUT2D eigenvalue weighted by Gasteiger charge is -2.25. The zero-order chi connectivity index (χ0) is 17.6. The fourth-order valence-corrected chi connectivity index (χ4v) is 4.17. The van der Waals surface area contributed by atoms with Gasteiger partial charge < -0.3 is 14.7 Å². The number of amides is 1. The molecule has 1 amide bonds. The van der Waals surface area contributed by atoms with Crippen LogP contribution >= 0.6 is 0 Å². The summed E-state index contributed by atoms with van der Waals surface area (Å²) in [4.78, 5) is 14.6. The molecule has 2 unspecified atom stereocenters. The van der Waals surface area contributed by atoms with E-state index in [0.29, 0.717) is 18.9 Å². The van der Waals surface area contributed by atoms with E-state index in [9.17, 15) is 9.90 Å². The Hall–Kier alpha value is -1.55. The van der Waals surface area contributed by atoms with Gasteiger partial charge in [0.05, 0.1) is 12.2 Å². The Morgan fingerprint density at radius 3 is 2.84 bits per heavy atom. The summed E-state index contributed by atoms with van der Waals surface area (Å²) in [6.07, 6.45) is 8.90. The van der Waals surface area contributed by atoms with Crippen LogP contribution in [0.3, 0.4) is 0 Å². The lowest BCUT2D eigenvalue weighted by molar-refractivity contribution is -0.132. The molecule has 0 radical (unpaired) electrons. The Morgan fingerprint density at radius 2 is 2.08 bits per heavy atom. The van der Waals surface area contributed by atoms with Gasteiger partial charge in [-0.1, -0.05) is 12.1 Å². The van der Waals surface area contributed by atoms with Gasteiger partial charge >= 0.3 is 0 Å². The molecule has 4 nitrogen and oxygen atoms in total. The number of aryl methyl sites for hydroxylation is 1. The van der Waals surface area contributed by atoms with E-state index in [1.807, 2.05) is 17.0 Å². The van der Waals surface area contributed by atoms with Crippen molar-refractivity contribution < 1.29 is 14.6 Å². The summed E-state index contributed by atoms with van der Waals surface area (Å²) < 4.78 is 6.06. The van der Waals surface area contributed by atoms with Crippen molar-refractivity contribution >= 4 is 5.91 Å². The van der Waals surface area contributed by atoms with Gasteiger partial charge in [0.1, 0.15) is 5.75 Å². The van der Waals surface area contributed by atoms with Crippen molar-refractivity contribution in [2.75, 3.05) is 6.54 Å². The molecule has 1 aromatic rings. The number of aliphatic hydroxyl groups is 1. The third-order valence-electron chi connectivity index (χ3n) is 5.44. The number of nitrogens with zero attached hydrogens (tertiary/aromatic N) is 1. The molecule has 1 saturated heterocycles. The van der Waals surface area contributed by atoms with Crippen molar-refractivity contribution in [1.29, 1.82) is 0 Å². The van der Waals surface area contributed by atoms with Crippen LogP contribution < -0.4 is 4.74 Å². The van der Waals surface area contributed by atoms with Crippen LogP contribution in [0.15, 0.2) is 24.3 Å². The first-order valence-electron chi connectivity index (χ1n) is 9.85. The SMILES string of the molecule is CC(O)CC1CCCN1C(=O)CCc1cccc(OC2CCCC2)c1. The number of ether oxygens (including phenoxy) is 1. The van der Waals surface area contributed by atoms with Gasteiger partial charge in [0.25, 0.3) is 0 Å². The van der Waals surface area contributed by atoms with E-state index in [4.69, 9.17) is 4.74 Å². The maximum Gasteiger partial charge on any atom is 0.223 e. The number of benzene rings is 1. The molecule has 1 aliphatic carbocycles. The van der Waals surface area contributed by atoms with Gasteiger partial charge in [-0.15, -0.1) is 0 Å². The molecule has 0 spiro atoms. The Kier molecular flexibility index (Phi) is 6.35. The molecule has 1 aliphatic heterocycles. The summed E-state index contributed by atoms with van der Waals surface area (Å²) in [6, 6.07) is 8.41. The molecule has 3 rings (SSSR count). The van der Waals surface area contributed by atoms with Crippen molar-refractivity contribution in [2.45, 2.75) is 83.0 Å². The monoisotopic (exact) mass is 345 g/mol. The largest absolute Gasteiger partial charge is 0.490 e. The minimum Gasteiger partial charge on any atom is -0.490 e. The van der Waals surface area contributed by atoms with Gasteiger partial charge in [-0.3, -0.25) is 4.79 Å². The number of carbonyl (C=O) groups is 1. The molecule has 1 heterocycles. The topological polar surface area (TPSA) is 49.8 Å². The van der Waals surface area contributed by atoms with Crippen molar-refractivity contribution in [2.24, 2.45) is 0 Å². The van der Waals surface area contributed by atoms with Gasteiger partial charge in [-0.2, -0.15) is 0 Å². The minimum absolute atomic E-state index is 0.213. The Morgan fingerprint density at radius 1 is 1.28 bits per heavy atom. The third-order valence-corrected chi connectivity index (χ3v) is 5.44. The van der Waals surface area contributed by atoms with E-state index in [0.717, 1.165) is 50.0 Å². The van der Waals surface area contributed by atoms with Crippen molar-refractivity contribution in [3.63, 3.8) is 0 Å². The molecule has 2 aliphatic rings. The van der Waals surface area contributed by atoms with Crippen LogP contribution in [0.5, 0.6) is 5.75 Å². The summed E-state index contributed by atoms with van der Waals surface area (Å²) in [6.45, 7) is 2.64. The van der Waals surface area contributed by atoms with Gasteiger partial charge in [-0.25, -0.2) is 0 Å². The first kappa shape index (κ1) is 18.2. The first-order chi connectivity index (χ1) is 12.1. The number of aliphatic hydroxyl groups excluding tert-OH is 1. The van der Waals surface area contributed by atoms with Crippen LogP contribution in [0.1, 0.15) is 63.9 Å². The molecule has 138 valence electrons. The van der Waals surface area contributed by atoms with E-state index in [1.165, 1.54) is 12.8 Å². The molecule has 2 fully saturated rings. The summed E-state index contributed by atoms with van der Waals surface area (Å²) in [5.74, 6) is 1.15. The molecule has 2 atom stereocenters. The second-order valence-electron chi connectivity index (χ2n) is 7.64. The van der Waals surface area contributed by atoms with E-state index in [1.54, 1.807) is 6.92 Å². The van der Waals surface area contributed by atoms with Crippen LogP contribution in [0, 0.1) is 0 Å². The highest BCUT2D eigenvalue weighted by atomic mass is 16.5. The van der Waals surface area contributed by atoms with E-state index >= 15 is 0 Å². The van der Waals surface area contributed by atoms with E-state index < -0.39 is 0 Å². The maximum atomic E-state index is 12.6. The molecular weight excluding hydrogens is 314 g/mol. The zero-order valence-electron chi connectivity index (χ0n) is 15.3. The average Bonchev–Trinajstić information content (AvgIpc) is 3.24. The highest BCUT2D eigenvalue weighted by molar-refractivity contribution is 5.77. The highest BCUT2D eigenvalue weighted by Crippen LogP contribution is 2.26. The summed E-state index contributed by atoms with van der Waals surface area (Å²) >= 11 is 0. The highest BCUT2D eigenvalue weighted by Gasteiger charge is 2.29. The van der Waals surface area contributed by atoms with Crippen LogP contribution in [0.4, 0.5) is 0 Å². The quantitative estimate of drug-likeness (QED) is 0.820. The van der Waals surface area contributed by atoms with Crippen LogP contribution in [0.2, 0.25) is 0 Å². The summed E-state index contributed by atoms with van der Waals surface area (Å²) in [5, 5.41) is 9.62. The number of hydrogen-bond acceptors (Lipinski definition) is 3. The molecule has 1 saturated carbocycles. The number of hydrogen-bond donors (Lipinski definition) is 1. The number of likely N-dealkylation sites (tertiary alicyclic amines) is 1.